The first-order valence-electron chi connectivity index (χ1n) is 9.58. The van der Waals surface area contributed by atoms with Gasteiger partial charge in [0.1, 0.15) is 11.5 Å². The minimum atomic E-state index is 0.791. The molecule has 0 N–H and O–H groups in total. The summed E-state index contributed by atoms with van der Waals surface area (Å²) < 4.78 is 10.2. The summed E-state index contributed by atoms with van der Waals surface area (Å²) in [6, 6.07) is 12.4. The molecule has 0 bridgehead atoms. The molecule has 0 aliphatic carbocycles. The summed E-state index contributed by atoms with van der Waals surface area (Å²) in [5, 5.41) is 0. The van der Waals surface area contributed by atoms with Gasteiger partial charge < -0.3 is 13.6 Å². The molecule has 0 aliphatic heterocycles. The van der Waals surface area contributed by atoms with E-state index in [-0.39, 0.29) is 0 Å². The van der Waals surface area contributed by atoms with Crippen LogP contribution in [0.5, 0.6) is 0 Å². The van der Waals surface area contributed by atoms with Crippen LogP contribution >= 0.6 is 0 Å². The van der Waals surface area contributed by atoms with E-state index in [9.17, 15) is 0 Å². The SMILES string of the molecule is Cc1ccc(CN(CCCn2ccnc2)Cc2cccn2-c2ccncc2)o1. The van der Waals surface area contributed by atoms with Crippen LogP contribution in [0.15, 0.2) is 78.1 Å². The predicted octanol–water partition coefficient (Wildman–Crippen LogP) is 4.06. The van der Waals surface area contributed by atoms with E-state index in [1.54, 1.807) is 0 Å². The molecular formula is C22H25N5O. The Morgan fingerprint density at radius 3 is 2.61 bits per heavy atom. The Morgan fingerprint density at radius 1 is 0.964 bits per heavy atom. The van der Waals surface area contributed by atoms with E-state index in [1.165, 1.54) is 5.69 Å². The molecule has 0 aromatic carbocycles. The van der Waals surface area contributed by atoms with Gasteiger partial charge in [0, 0.05) is 62.0 Å². The van der Waals surface area contributed by atoms with Crippen LogP contribution in [0.3, 0.4) is 0 Å². The largest absolute Gasteiger partial charge is 0.465 e. The Kier molecular flexibility index (Phi) is 5.68. The van der Waals surface area contributed by atoms with Gasteiger partial charge in [0.05, 0.1) is 12.9 Å². The summed E-state index contributed by atoms with van der Waals surface area (Å²) in [6.45, 7) is 5.55. The number of rotatable bonds is 9. The van der Waals surface area contributed by atoms with Crippen LogP contribution in [0.1, 0.15) is 23.6 Å². The Balaban J connectivity index is 1.47. The zero-order valence-electron chi connectivity index (χ0n) is 16.1. The van der Waals surface area contributed by atoms with E-state index >= 15 is 0 Å². The maximum Gasteiger partial charge on any atom is 0.118 e. The van der Waals surface area contributed by atoms with Crippen LogP contribution in [0, 0.1) is 6.92 Å². The highest BCUT2D eigenvalue weighted by molar-refractivity contribution is 5.32. The average molecular weight is 375 g/mol. The lowest BCUT2D eigenvalue weighted by atomic mass is 10.3. The molecule has 4 aromatic heterocycles. The number of imidazole rings is 1. The molecule has 0 amide bonds. The van der Waals surface area contributed by atoms with Gasteiger partial charge in [-0.2, -0.15) is 0 Å². The second kappa shape index (κ2) is 8.71. The third kappa shape index (κ3) is 4.58. The van der Waals surface area contributed by atoms with Crippen molar-refractivity contribution in [2.75, 3.05) is 6.54 Å². The topological polar surface area (TPSA) is 52.0 Å². The highest BCUT2D eigenvalue weighted by atomic mass is 16.3. The summed E-state index contributed by atoms with van der Waals surface area (Å²) in [4.78, 5) is 10.7. The first-order chi connectivity index (χ1) is 13.8. The van der Waals surface area contributed by atoms with Crippen molar-refractivity contribution in [2.24, 2.45) is 0 Å². The number of hydrogen-bond acceptors (Lipinski definition) is 4. The Labute approximate surface area is 165 Å². The summed E-state index contributed by atoms with van der Waals surface area (Å²) >= 11 is 0. The van der Waals surface area contributed by atoms with Gasteiger partial charge in [-0.15, -0.1) is 0 Å². The van der Waals surface area contributed by atoms with Crippen molar-refractivity contribution in [1.82, 2.24) is 24.0 Å². The molecule has 4 rings (SSSR count). The lowest BCUT2D eigenvalue weighted by Crippen LogP contribution is -2.25. The van der Waals surface area contributed by atoms with Gasteiger partial charge in [-0.25, -0.2) is 4.98 Å². The molecule has 0 spiro atoms. The third-order valence-electron chi connectivity index (χ3n) is 4.78. The normalized spacial score (nSPS) is 11.4. The molecule has 144 valence electrons. The summed E-state index contributed by atoms with van der Waals surface area (Å²) in [5.74, 6) is 1.95. The standard InChI is InChI=1S/C22H25N5O/c1-19-5-6-22(28-19)17-26(13-3-12-25-15-11-24-18-25)16-21-4-2-14-27(21)20-7-9-23-10-8-20/h2,4-11,14-15,18H,3,12-13,16-17H2,1H3. The highest BCUT2D eigenvalue weighted by Gasteiger charge is 2.13. The van der Waals surface area contributed by atoms with Gasteiger partial charge >= 0.3 is 0 Å². The molecule has 0 saturated carbocycles. The number of aryl methyl sites for hydroxylation is 2. The zero-order chi connectivity index (χ0) is 19.2. The van der Waals surface area contributed by atoms with Crippen molar-refractivity contribution >= 4 is 0 Å². The van der Waals surface area contributed by atoms with E-state index in [4.69, 9.17) is 4.42 Å². The lowest BCUT2D eigenvalue weighted by molar-refractivity contribution is 0.224. The van der Waals surface area contributed by atoms with Crippen LogP contribution in [-0.2, 0) is 19.6 Å². The molecule has 0 fully saturated rings. The fraction of sp³-hybridized carbons (Fsp3) is 0.273. The number of furan rings is 1. The molecule has 6 nitrogen and oxygen atoms in total. The first kappa shape index (κ1) is 18.3. The van der Waals surface area contributed by atoms with Crippen LogP contribution in [0.4, 0.5) is 0 Å². The quantitative estimate of drug-likeness (QED) is 0.443. The van der Waals surface area contributed by atoms with Gasteiger partial charge in [-0.1, -0.05) is 0 Å². The minimum Gasteiger partial charge on any atom is -0.465 e. The third-order valence-corrected chi connectivity index (χ3v) is 4.78. The van der Waals surface area contributed by atoms with Gasteiger partial charge in [0.25, 0.3) is 0 Å². The van der Waals surface area contributed by atoms with E-state index in [2.05, 4.69) is 48.4 Å². The van der Waals surface area contributed by atoms with Gasteiger partial charge in [-0.3, -0.25) is 9.88 Å². The van der Waals surface area contributed by atoms with Crippen LogP contribution in [-0.4, -0.2) is 30.5 Å². The number of nitrogens with zero attached hydrogens (tertiary/aromatic N) is 5. The highest BCUT2D eigenvalue weighted by Crippen LogP contribution is 2.17. The summed E-state index contributed by atoms with van der Waals surface area (Å²) in [6.07, 6.45) is 12.5. The van der Waals surface area contributed by atoms with E-state index in [0.717, 1.165) is 49.8 Å². The van der Waals surface area contributed by atoms with Gasteiger partial charge in [0.15, 0.2) is 0 Å². The van der Waals surface area contributed by atoms with Crippen molar-refractivity contribution in [3.05, 3.63) is 90.9 Å². The fourth-order valence-electron chi connectivity index (χ4n) is 3.43. The van der Waals surface area contributed by atoms with E-state index in [1.807, 2.05) is 56.2 Å². The van der Waals surface area contributed by atoms with Crippen molar-refractivity contribution < 1.29 is 4.42 Å². The van der Waals surface area contributed by atoms with E-state index < -0.39 is 0 Å². The van der Waals surface area contributed by atoms with Gasteiger partial charge in [0.2, 0.25) is 0 Å². The Bertz CT molecular complexity index is 971. The zero-order valence-corrected chi connectivity index (χ0v) is 16.1. The van der Waals surface area contributed by atoms with Crippen LogP contribution < -0.4 is 0 Å². The minimum absolute atomic E-state index is 0.791. The maximum absolute atomic E-state index is 5.83. The molecule has 4 heterocycles. The molecule has 0 radical (unpaired) electrons. The monoisotopic (exact) mass is 375 g/mol. The van der Waals surface area contributed by atoms with Crippen LogP contribution in [0.2, 0.25) is 0 Å². The molecule has 28 heavy (non-hydrogen) atoms. The predicted molar refractivity (Wildman–Crippen MR) is 108 cm³/mol. The number of pyridine rings is 1. The van der Waals surface area contributed by atoms with Crippen molar-refractivity contribution in [3.8, 4) is 5.69 Å². The smallest absolute Gasteiger partial charge is 0.118 e. The molecule has 0 aliphatic rings. The fourth-order valence-corrected chi connectivity index (χ4v) is 3.43. The molecule has 0 saturated heterocycles. The average Bonchev–Trinajstić information content (AvgIpc) is 3.45. The first-order valence-corrected chi connectivity index (χ1v) is 9.58. The molecule has 6 heteroatoms. The second-order valence-electron chi connectivity index (χ2n) is 6.95. The number of aromatic nitrogens is 4. The van der Waals surface area contributed by atoms with Crippen molar-refractivity contribution in [2.45, 2.75) is 33.0 Å². The Hall–Kier alpha value is -3.12. The Morgan fingerprint density at radius 2 is 1.86 bits per heavy atom. The second-order valence-corrected chi connectivity index (χ2v) is 6.95. The summed E-state index contributed by atoms with van der Waals surface area (Å²) in [5.41, 5.74) is 2.37. The van der Waals surface area contributed by atoms with Gasteiger partial charge in [-0.05, 0) is 49.7 Å². The molecular weight excluding hydrogens is 350 g/mol. The lowest BCUT2D eigenvalue weighted by Gasteiger charge is -2.22. The van der Waals surface area contributed by atoms with E-state index in [0.29, 0.717) is 0 Å². The van der Waals surface area contributed by atoms with Crippen molar-refractivity contribution in [3.63, 3.8) is 0 Å². The molecule has 0 atom stereocenters. The van der Waals surface area contributed by atoms with Crippen LogP contribution in [0.25, 0.3) is 5.69 Å². The maximum atomic E-state index is 5.83. The molecule has 0 unspecified atom stereocenters. The molecule has 4 aromatic rings. The number of hydrogen-bond donors (Lipinski definition) is 0. The van der Waals surface area contributed by atoms with Crippen molar-refractivity contribution in [1.29, 1.82) is 0 Å². The summed E-state index contributed by atoms with van der Waals surface area (Å²) in [7, 11) is 0.